The molecule has 5 heteroatoms. The number of rotatable bonds is 6. The fourth-order valence-electron chi connectivity index (χ4n) is 1.35. The molecule has 0 saturated carbocycles. The Morgan fingerprint density at radius 1 is 1.47 bits per heavy atom. The van der Waals surface area contributed by atoms with E-state index in [1.807, 2.05) is 20.0 Å². The normalized spacial score (nSPS) is 10.3. The van der Waals surface area contributed by atoms with Crippen LogP contribution < -0.4 is 10.6 Å². The molecule has 3 nitrogen and oxygen atoms in total. The molecule has 2 N–H and O–H groups in total. The predicted molar refractivity (Wildman–Crippen MR) is 76.3 cm³/mol. The summed E-state index contributed by atoms with van der Waals surface area (Å²) >= 11 is 5.08. The van der Waals surface area contributed by atoms with E-state index in [9.17, 15) is 4.79 Å². The van der Waals surface area contributed by atoms with Gasteiger partial charge >= 0.3 is 0 Å². The third kappa shape index (κ3) is 5.10. The molecule has 1 aromatic carbocycles. The van der Waals surface area contributed by atoms with Gasteiger partial charge in [-0.05, 0) is 31.7 Å². The standard InChI is InChI=1S/C12H17BrN2OS/c1-3-15-12(16)8-17-10-5-4-9(7-14-2)11(13)6-10/h4-6,14H,3,7-8H2,1-2H3,(H,15,16). The second-order valence-corrected chi connectivity index (χ2v) is 5.43. The number of carbonyl (C=O) groups excluding carboxylic acids is 1. The third-order valence-corrected chi connectivity index (χ3v) is 3.87. The number of hydrogen-bond acceptors (Lipinski definition) is 3. The molecule has 0 aliphatic heterocycles. The maximum absolute atomic E-state index is 11.3. The van der Waals surface area contributed by atoms with Gasteiger partial charge in [0.25, 0.3) is 0 Å². The van der Waals surface area contributed by atoms with Crippen molar-refractivity contribution in [2.24, 2.45) is 0 Å². The zero-order chi connectivity index (χ0) is 12.7. The highest BCUT2D eigenvalue weighted by Gasteiger charge is 2.04. The lowest BCUT2D eigenvalue weighted by Gasteiger charge is -2.07. The summed E-state index contributed by atoms with van der Waals surface area (Å²) in [5, 5.41) is 5.89. The number of halogens is 1. The first kappa shape index (κ1) is 14.5. The van der Waals surface area contributed by atoms with Crippen LogP contribution in [0.5, 0.6) is 0 Å². The van der Waals surface area contributed by atoms with Crippen LogP contribution in [0.25, 0.3) is 0 Å². The quantitative estimate of drug-likeness (QED) is 0.792. The summed E-state index contributed by atoms with van der Waals surface area (Å²) in [6.07, 6.45) is 0. The van der Waals surface area contributed by atoms with Gasteiger partial charge in [0.15, 0.2) is 0 Å². The van der Waals surface area contributed by atoms with Crippen LogP contribution in [0.15, 0.2) is 27.6 Å². The molecule has 0 aromatic heterocycles. The van der Waals surface area contributed by atoms with Gasteiger partial charge in [0, 0.05) is 22.5 Å². The Balaban J connectivity index is 2.55. The van der Waals surface area contributed by atoms with Crippen molar-refractivity contribution < 1.29 is 4.79 Å². The van der Waals surface area contributed by atoms with Gasteiger partial charge in [-0.2, -0.15) is 0 Å². The molecule has 0 unspecified atom stereocenters. The van der Waals surface area contributed by atoms with E-state index in [1.165, 1.54) is 5.56 Å². The van der Waals surface area contributed by atoms with Crippen molar-refractivity contribution in [3.63, 3.8) is 0 Å². The molecular weight excluding hydrogens is 300 g/mol. The van der Waals surface area contributed by atoms with Gasteiger partial charge in [0.05, 0.1) is 5.75 Å². The number of amides is 1. The maximum Gasteiger partial charge on any atom is 0.230 e. The first-order valence-corrected chi connectivity index (χ1v) is 7.27. The number of thioether (sulfide) groups is 1. The third-order valence-electron chi connectivity index (χ3n) is 2.14. The van der Waals surface area contributed by atoms with E-state index in [0.717, 1.165) is 15.9 Å². The Hall–Kier alpha value is -0.520. The van der Waals surface area contributed by atoms with Crippen molar-refractivity contribution >= 4 is 33.6 Å². The lowest BCUT2D eigenvalue weighted by Crippen LogP contribution is -2.24. The minimum Gasteiger partial charge on any atom is -0.356 e. The molecule has 0 atom stereocenters. The van der Waals surface area contributed by atoms with E-state index in [4.69, 9.17) is 0 Å². The Bertz CT molecular complexity index is 385. The Kier molecular flexibility index (Phi) is 6.62. The molecule has 0 radical (unpaired) electrons. The second kappa shape index (κ2) is 7.74. The van der Waals surface area contributed by atoms with Crippen LogP contribution in [0.4, 0.5) is 0 Å². The van der Waals surface area contributed by atoms with E-state index in [-0.39, 0.29) is 5.91 Å². The maximum atomic E-state index is 11.3. The van der Waals surface area contributed by atoms with E-state index >= 15 is 0 Å². The second-order valence-electron chi connectivity index (χ2n) is 3.53. The van der Waals surface area contributed by atoms with Crippen LogP contribution >= 0.6 is 27.7 Å². The summed E-state index contributed by atoms with van der Waals surface area (Å²) in [5.74, 6) is 0.541. The molecule has 0 aliphatic carbocycles. The molecular formula is C12H17BrN2OS. The molecule has 1 amide bonds. The van der Waals surface area contributed by atoms with Gasteiger partial charge in [-0.15, -0.1) is 11.8 Å². The van der Waals surface area contributed by atoms with Gasteiger partial charge in [-0.25, -0.2) is 0 Å². The topological polar surface area (TPSA) is 41.1 Å². The van der Waals surface area contributed by atoms with Crippen LogP contribution in [0.1, 0.15) is 12.5 Å². The average Bonchev–Trinajstić information content (AvgIpc) is 2.30. The van der Waals surface area contributed by atoms with E-state index in [0.29, 0.717) is 12.3 Å². The zero-order valence-corrected chi connectivity index (χ0v) is 12.5. The van der Waals surface area contributed by atoms with E-state index < -0.39 is 0 Å². The van der Waals surface area contributed by atoms with Crippen molar-refractivity contribution in [3.8, 4) is 0 Å². The van der Waals surface area contributed by atoms with E-state index in [1.54, 1.807) is 11.8 Å². The summed E-state index contributed by atoms with van der Waals surface area (Å²) < 4.78 is 1.08. The average molecular weight is 317 g/mol. The molecule has 0 spiro atoms. The lowest BCUT2D eigenvalue weighted by molar-refractivity contribution is -0.118. The van der Waals surface area contributed by atoms with Gasteiger partial charge in [-0.3, -0.25) is 4.79 Å². The molecule has 0 heterocycles. The number of benzene rings is 1. The summed E-state index contributed by atoms with van der Waals surface area (Å²) in [7, 11) is 1.92. The Labute approximate surface area is 115 Å². The highest BCUT2D eigenvalue weighted by molar-refractivity contribution is 9.10. The minimum atomic E-state index is 0.0768. The number of carbonyl (C=O) groups is 1. The van der Waals surface area contributed by atoms with Crippen LogP contribution in [0, 0.1) is 0 Å². The summed E-state index contributed by atoms with van der Waals surface area (Å²) in [6, 6.07) is 6.17. The fourth-order valence-corrected chi connectivity index (χ4v) is 2.78. The zero-order valence-electron chi connectivity index (χ0n) is 10.0. The van der Waals surface area contributed by atoms with Gasteiger partial charge in [0.2, 0.25) is 5.91 Å². The summed E-state index contributed by atoms with van der Waals surface area (Å²) in [5.41, 5.74) is 1.22. The molecule has 1 aromatic rings. The number of hydrogen-bond donors (Lipinski definition) is 2. The summed E-state index contributed by atoms with van der Waals surface area (Å²) in [6.45, 7) is 3.44. The largest absolute Gasteiger partial charge is 0.356 e. The monoisotopic (exact) mass is 316 g/mol. The molecule has 0 saturated heterocycles. The highest BCUT2D eigenvalue weighted by Crippen LogP contribution is 2.25. The molecule has 0 aliphatic rings. The van der Waals surface area contributed by atoms with Gasteiger partial charge < -0.3 is 10.6 Å². The number of nitrogens with one attached hydrogen (secondary N) is 2. The van der Waals surface area contributed by atoms with Crippen molar-refractivity contribution in [2.75, 3.05) is 19.3 Å². The van der Waals surface area contributed by atoms with Crippen LogP contribution in [0.2, 0.25) is 0 Å². The Morgan fingerprint density at radius 3 is 2.82 bits per heavy atom. The Morgan fingerprint density at radius 2 is 2.24 bits per heavy atom. The lowest BCUT2D eigenvalue weighted by atomic mass is 10.2. The predicted octanol–water partition coefficient (Wildman–Crippen LogP) is 2.40. The highest BCUT2D eigenvalue weighted by atomic mass is 79.9. The van der Waals surface area contributed by atoms with Crippen molar-refractivity contribution in [2.45, 2.75) is 18.4 Å². The SMILES string of the molecule is CCNC(=O)CSc1ccc(CNC)c(Br)c1. The van der Waals surface area contributed by atoms with Gasteiger partial charge in [-0.1, -0.05) is 22.0 Å². The van der Waals surface area contributed by atoms with Crippen molar-refractivity contribution in [1.29, 1.82) is 0 Å². The molecule has 0 fully saturated rings. The smallest absolute Gasteiger partial charge is 0.230 e. The van der Waals surface area contributed by atoms with Crippen LogP contribution in [0.3, 0.4) is 0 Å². The van der Waals surface area contributed by atoms with Crippen LogP contribution in [-0.4, -0.2) is 25.3 Å². The molecule has 94 valence electrons. The molecule has 1 rings (SSSR count). The summed E-state index contributed by atoms with van der Waals surface area (Å²) in [4.78, 5) is 12.4. The van der Waals surface area contributed by atoms with Gasteiger partial charge in [0.1, 0.15) is 0 Å². The van der Waals surface area contributed by atoms with Crippen molar-refractivity contribution in [3.05, 3.63) is 28.2 Å². The minimum absolute atomic E-state index is 0.0768. The first-order chi connectivity index (χ1) is 8.17. The van der Waals surface area contributed by atoms with E-state index in [2.05, 4.69) is 38.7 Å². The fraction of sp³-hybridized carbons (Fsp3) is 0.417. The first-order valence-electron chi connectivity index (χ1n) is 5.50. The molecule has 0 bridgehead atoms. The van der Waals surface area contributed by atoms with Crippen molar-refractivity contribution in [1.82, 2.24) is 10.6 Å². The molecule has 17 heavy (non-hydrogen) atoms. The van der Waals surface area contributed by atoms with Crippen LogP contribution in [-0.2, 0) is 11.3 Å².